The van der Waals surface area contributed by atoms with Crippen LogP contribution in [0.4, 0.5) is 4.39 Å². The van der Waals surface area contributed by atoms with Gasteiger partial charge in [0.05, 0.1) is 7.11 Å². The van der Waals surface area contributed by atoms with Gasteiger partial charge in [0.2, 0.25) is 0 Å². The van der Waals surface area contributed by atoms with Crippen molar-refractivity contribution in [3.8, 4) is 17.1 Å². The molecule has 1 unspecified atom stereocenters. The van der Waals surface area contributed by atoms with E-state index < -0.39 is 5.82 Å². The van der Waals surface area contributed by atoms with Gasteiger partial charge in [-0.15, -0.1) is 0 Å². The number of nitrogens with two attached hydrogens (primary N) is 1. The second-order valence-corrected chi connectivity index (χ2v) is 4.37. The summed E-state index contributed by atoms with van der Waals surface area (Å²) in [6.07, 6.45) is 1.71. The number of rotatable bonds is 3. The number of methoxy groups -OCH3 is 1. The van der Waals surface area contributed by atoms with Gasteiger partial charge in [-0.25, -0.2) is 14.4 Å². The van der Waals surface area contributed by atoms with Gasteiger partial charge in [0, 0.05) is 29.1 Å². The quantitative estimate of drug-likeness (QED) is 0.922. The number of benzene rings is 1. The fraction of sp³-hybridized carbons (Fsp3) is 0.286. The van der Waals surface area contributed by atoms with Gasteiger partial charge in [0.1, 0.15) is 0 Å². The summed E-state index contributed by atoms with van der Waals surface area (Å²) in [7, 11) is 1.42. The molecule has 0 radical (unpaired) electrons. The van der Waals surface area contributed by atoms with Crippen molar-refractivity contribution in [2.75, 3.05) is 7.11 Å². The lowest BCUT2D eigenvalue weighted by molar-refractivity contribution is 0.386. The monoisotopic (exact) mass is 261 g/mol. The van der Waals surface area contributed by atoms with E-state index in [-0.39, 0.29) is 11.8 Å². The lowest BCUT2D eigenvalue weighted by Gasteiger charge is -2.10. The molecule has 4 nitrogen and oxygen atoms in total. The Balaban J connectivity index is 2.45. The summed E-state index contributed by atoms with van der Waals surface area (Å²) < 4.78 is 18.3. The van der Waals surface area contributed by atoms with Crippen molar-refractivity contribution in [3.05, 3.63) is 41.5 Å². The molecule has 1 aromatic carbocycles. The predicted octanol–water partition coefficient (Wildman–Crippen LogP) is 2.62. The van der Waals surface area contributed by atoms with Crippen molar-refractivity contribution in [3.63, 3.8) is 0 Å². The van der Waals surface area contributed by atoms with E-state index in [4.69, 9.17) is 10.5 Å². The largest absolute Gasteiger partial charge is 0.494 e. The normalized spacial score (nSPS) is 12.3. The smallest absolute Gasteiger partial charge is 0.165 e. The number of ether oxygens (including phenoxy) is 1. The lowest BCUT2D eigenvalue weighted by Crippen LogP contribution is -2.09. The van der Waals surface area contributed by atoms with Gasteiger partial charge in [-0.05, 0) is 32.0 Å². The molecule has 0 aliphatic heterocycles. The van der Waals surface area contributed by atoms with E-state index in [0.29, 0.717) is 11.4 Å². The molecular weight excluding hydrogens is 245 g/mol. The first-order valence-electron chi connectivity index (χ1n) is 5.96. The van der Waals surface area contributed by atoms with E-state index in [0.717, 1.165) is 11.3 Å². The molecule has 1 aromatic heterocycles. The van der Waals surface area contributed by atoms with E-state index in [1.54, 1.807) is 18.3 Å². The number of hydrogen-bond donors (Lipinski definition) is 1. The molecule has 0 saturated carbocycles. The van der Waals surface area contributed by atoms with Crippen molar-refractivity contribution < 1.29 is 9.13 Å². The minimum atomic E-state index is -0.407. The van der Waals surface area contributed by atoms with E-state index in [9.17, 15) is 4.39 Å². The highest BCUT2D eigenvalue weighted by molar-refractivity contribution is 5.58. The molecule has 2 N–H and O–H groups in total. The molecule has 0 saturated heterocycles. The van der Waals surface area contributed by atoms with Gasteiger partial charge in [-0.3, -0.25) is 0 Å². The van der Waals surface area contributed by atoms with Crippen LogP contribution >= 0.6 is 0 Å². The maximum atomic E-state index is 13.4. The highest BCUT2D eigenvalue weighted by atomic mass is 19.1. The molecule has 2 aromatic rings. The Morgan fingerprint density at radius 2 is 2.11 bits per heavy atom. The van der Waals surface area contributed by atoms with Crippen molar-refractivity contribution in [2.45, 2.75) is 19.9 Å². The molecule has 1 atom stereocenters. The number of aromatic nitrogens is 2. The Hall–Kier alpha value is -2.01. The fourth-order valence-electron chi connectivity index (χ4n) is 1.86. The molecule has 2 rings (SSSR count). The maximum absolute atomic E-state index is 13.4. The first-order chi connectivity index (χ1) is 9.02. The van der Waals surface area contributed by atoms with E-state index >= 15 is 0 Å². The maximum Gasteiger partial charge on any atom is 0.165 e. The van der Waals surface area contributed by atoms with E-state index in [1.165, 1.54) is 13.2 Å². The molecule has 5 heteroatoms. The molecule has 0 aliphatic rings. The van der Waals surface area contributed by atoms with Crippen LogP contribution in [0.2, 0.25) is 0 Å². The minimum Gasteiger partial charge on any atom is -0.494 e. The molecule has 1 heterocycles. The van der Waals surface area contributed by atoms with Crippen LogP contribution in [-0.4, -0.2) is 17.1 Å². The highest BCUT2D eigenvalue weighted by Crippen LogP contribution is 2.25. The van der Waals surface area contributed by atoms with Crippen molar-refractivity contribution in [1.82, 2.24) is 9.97 Å². The van der Waals surface area contributed by atoms with Crippen LogP contribution in [0.5, 0.6) is 5.75 Å². The number of nitrogens with zero attached hydrogens (tertiary/aromatic N) is 2. The third-order valence-electron chi connectivity index (χ3n) is 2.92. The molecule has 0 spiro atoms. The summed E-state index contributed by atoms with van der Waals surface area (Å²) in [5.74, 6) is 0.297. The molecule has 100 valence electrons. The lowest BCUT2D eigenvalue weighted by atomic mass is 10.1. The molecule has 0 amide bonds. The molecule has 19 heavy (non-hydrogen) atoms. The van der Waals surface area contributed by atoms with Gasteiger partial charge in [-0.1, -0.05) is 0 Å². The number of hydrogen-bond acceptors (Lipinski definition) is 4. The van der Waals surface area contributed by atoms with Crippen LogP contribution < -0.4 is 10.5 Å². The Kier molecular flexibility index (Phi) is 3.76. The summed E-state index contributed by atoms with van der Waals surface area (Å²) in [5.41, 5.74) is 8.25. The summed E-state index contributed by atoms with van der Waals surface area (Å²) in [5, 5.41) is 0. The van der Waals surface area contributed by atoms with Gasteiger partial charge in [0.15, 0.2) is 17.4 Å². The first kappa shape index (κ1) is 13.4. The fourth-order valence-corrected chi connectivity index (χ4v) is 1.86. The van der Waals surface area contributed by atoms with Crippen molar-refractivity contribution >= 4 is 0 Å². The average Bonchev–Trinajstić information content (AvgIpc) is 2.38. The summed E-state index contributed by atoms with van der Waals surface area (Å²) in [6.45, 7) is 3.76. The molecular formula is C14H16FN3O. The Morgan fingerprint density at radius 1 is 1.37 bits per heavy atom. The minimum absolute atomic E-state index is 0.114. The molecule has 0 bridgehead atoms. The third-order valence-corrected chi connectivity index (χ3v) is 2.92. The van der Waals surface area contributed by atoms with Gasteiger partial charge in [-0.2, -0.15) is 0 Å². The zero-order chi connectivity index (χ0) is 14.0. The Morgan fingerprint density at radius 3 is 2.68 bits per heavy atom. The first-order valence-corrected chi connectivity index (χ1v) is 5.96. The van der Waals surface area contributed by atoms with Crippen LogP contribution in [0.1, 0.15) is 24.2 Å². The second kappa shape index (κ2) is 5.32. The zero-order valence-corrected chi connectivity index (χ0v) is 11.1. The number of aryl methyl sites for hydroxylation is 1. The standard InChI is InChI=1S/C14H16FN3O/c1-8(16)11-7-17-14(18-9(11)2)10-4-5-12(15)13(6-10)19-3/h4-8H,16H2,1-3H3. The van der Waals surface area contributed by atoms with Crippen LogP contribution in [0, 0.1) is 12.7 Å². The second-order valence-electron chi connectivity index (χ2n) is 4.37. The third kappa shape index (κ3) is 2.71. The van der Waals surface area contributed by atoms with Gasteiger partial charge in [0.25, 0.3) is 0 Å². The van der Waals surface area contributed by atoms with Crippen molar-refractivity contribution in [1.29, 1.82) is 0 Å². The Bertz CT molecular complexity index is 599. The predicted molar refractivity (Wildman–Crippen MR) is 71.3 cm³/mol. The zero-order valence-electron chi connectivity index (χ0n) is 11.1. The van der Waals surface area contributed by atoms with Crippen LogP contribution in [0.25, 0.3) is 11.4 Å². The van der Waals surface area contributed by atoms with E-state index in [1.807, 2.05) is 13.8 Å². The van der Waals surface area contributed by atoms with E-state index in [2.05, 4.69) is 9.97 Å². The van der Waals surface area contributed by atoms with Crippen LogP contribution in [0.3, 0.4) is 0 Å². The van der Waals surface area contributed by atoms with Gasteiger partial charge < -0.3 is 10.5 Å². The SMILES string of the molecule is COc1cc(-c2ncc(C(C)N)c(C)n2)ccc1F. The molecule has 0 aliphatic carbocycles. The summed E-state index contributed by atoms with van der Waals surface area (Å²) >= 11 is 0. The summed E-state index contributed by atoms with van der Waals surface area (Å²) in [6, 6.07) is 4.43. The van der Waals surface area contributed by atoms with Gasteiger partial charge >= 0.3 is 0 Å². The average molecular weight is 261 g/mol. The highest BCUT2D eigenvalue weighted by Gasteiger charge is 2.10. The molecule has 0 fully saturated rings. The summed E-state index contributed by atoms with van der Waals surface area (Å²) in [4.78, 5) is 8.67. The van der Waals surface area contributed by atoms with Crippen molar-refractivity contribution in [2.24, 2.45) is 5.73 Å². The van der Waals surface area contributed by atoms with Crippen LogP contribution in [0.15, 0.2) is 24.4 Å². The topological polar surface area (TPSA) is 61.0 Å². The Labute approximate surface area is 111 Å². The van der Waals surface area contributed by atoms with Crippen LogP contribution in [-0.2, 0) is 0 Å². The number of halogens is 1.